The molecule has 0 bridgehead atoms. The van der Waals surface area contributed by atoms with E-state index in [-0.39, 0.29) is 23.8 Å². The number of carbonyl (C=O) groups excluding carboxylic acids is 1. The van der Waals surface area contributed by atoms with Gasteiger partial charge in [0.25, 0.3) is 6.01 Å². The Morgan fingerprint density at radius 3 is 2.76 bits per heavy atom. The molecule has 1 saturated heterocycles. The van der Waals surface area contributed by atoms with E-state index < -0.39 is 0 Å². The second kappa shape index (κ2) is 7.87. The topological polar surface area (TPSA) is 78.6 Å². The Hall–Kier alpha value is -2.08. The maximum atomic E-state index is 12.3. The summed E-state index contributed by atoms with van der Waals surface area (Å²) in [5.41, 5.74) is 1.66. The smallest absolute Gasteiger partial charge is 0.298 e. The van der Waals surface area contributed by atoms with Gasteiger partial charge in [-0.25, -0.2) is 0 Å². The van der Waals surface area contributed by atoms with Crippen molar-refractivity contribution in [1.82, 2.24) is 10.3 Å². The Kier molecular flexibility index (Phi) is 5.58. The molecule has 0 spiro atoms. The maximum Gasteiger partial charge on any atom is 0.298 e. The number of carbonyl (C=O) groups is 1. The van der Waals surface area contributed by atoms with Crippen LogP contribution < -0.4 is 10.2 Å². The van der Waals surface area contributed by atoms with Gasteiger partial charge in [0.05, 0.1) is 6.10 Å². The van der Waals surface area contributed by atoms with E-state index in [2.05, 4.69) is 15.2 Å². The van der Waals surface area contributed by atoms with Gasteiger partial charge < -0.3 is 19.7 Å². The zero-order valence-corrected chi connectivity index (χ0v) is 14.9. The average Bonchev–Trinajstić information content (AvgIpc) is 3.03. The monoisotopic (exact) mass is 345 g/mol. The van der Waals surface area contributed by atoms with Crippen LogP contribution in [0.3, 0.4) is 0 Å². The summed E-state index contributed by atoms with van der Waals surface area (Å²) in [7, 11) is 0. The summed E-state index contributed by atoms with van der Waals surface area (Å²) in [5, 5.41) is 12.4. The van der Waals surface area contributed by atoms with Crippen LogP contribution in [-0.4, -0.2) is 41.7 Å². The van der Waals surface area contributed by atoms with Crippen LogP contribution in [0.1, 0.15) is 33.1 Å². The molecule has 2 atom stereocenters. The lowest BCUT2D eigenvalue weighted by atomic mass is 9.95. The van der Waals surface area contributed by atoms with Crippen molar-refractivity contribution >= 4 is 23.0 Å². The van der Waals surface area contributed by atoms with E-state index in [0.717, 1.165) is 37.0 Å². The first-order valence-electron chi connectivity index (χ1n) is 9.09. The van der Waals surface area contributed by atoms with Gasteiger partial charge in [-0.15, -0.1) is 0 Å². The van der Waals surface area contributed by atoms with Crippen LogP contribution in [0.15, 0.2) is 28.7 Å². The summed E-state index contributed by atoms with van der Waals surface area (Å²) in [5.74, 6) is 0.442. The highest BCUT2D eigenvalue weighted by molar-refractivity contribution is 5.79. The molecular formula is C19H27N3O3. The Bertz CT molecular complexity index is 672. The summed E-state index contributed by atoms with van der Waals surface area (Å²) in [4.78, 5) is 19.0. The highest BCUT2D eigenvalue weighted by Crippen LogP contribution is 2.26. The lowest BCUT2D eigenvalue weighted by molar-refractivity contribution is -0.125. The number of anilines is 1. The van der Waals surface area contributed by atoms with E-state index in [9.17, 15) is 9.90 Å². The lowest BCUT2D eigenvalue weighted by Gasteiger charge is -2.30. The Morgan fingerprint density at radius 1 is 1.36 bits per heavy atom. The minimum absolute atomic E-state index is 0.0411. The van der Waals surface area contributed by atoms with Crippen LogP contribution in [0.25, 0.3) is 11.1 Å². The van der Waals surface area contributed by atoms with Crippen molar-refractivity contribution in [2.24, 2.45) is 11.8 Å². The number of fused-ring (bicyclic) bond motifs is 1. The molecule has 1 aromatic carbocycles. The molecule has 25 heavy (non-hydrogen) atoms. The van der Waals surface area contributed by atoms with E-state index in [0.29, 0.717) is 19.0 Å². The first-order valence-corrected chi connectivity index (χ1v) is 9.09. The molecule has 6 nitrogen and oxygen atoms in total. The predicted molar refractivity (Wildman–Crippen MR) is 97.4 cm³/mol. The third kappa shape index (κ3) is 4.51. The van der Waals surface area contributed by atoms with Crippen molar-refractivity contribution in [3.8, 4) is 0 Å². The number of rotatable bonds is 6. The Morgan fingerprint density at radius 2 is 2.08 bits per heavy atom. The van der Waals surface area contributed by atoms with Crippen molar-refractivity contribution in [1.29, 1.82) is 0 Å². The van der Waals surface area contributed by atoms with Crippen LogP contribution in [0, 0.1) is 11.8 Å². The van der Waals surface area contributed by atoms with Crippen LogP contribution in [0.2, 0.25) is 0 Å². The predicted octanol–water partition coefficient (Wildman–Crippen LogP) is 2.57. The Balaban J connectivity index is 1.48. The normalized spacial score (nSPS) is 18.3. The second-order valence-electron chi connectivity index (χ2n) is 7.16. The molecule has 1 amide bonds. The van der Waals surface area contributed by atoms with Crippen LogP contribution in [0.4, 0.5) is 6.01 Å². The highest BCUT2D eigenvalue weighted by Gasteiger charge is 2.27. The molecule has 136 valence electrons. The SMILES string of the molecule is CC(O)CC(C)CNC(=O)C1CCN(c2nc3ccccc3o2)CC1. The number of hydrogen-bond acceptors (Lipinski definition) is 5. The number of aromatic nitrogens is 1. The van der Waals surface area contributed by atoms with Crippen molar-refractivity contribution in [3.05, 3.63) is 24.3 Å². The van der Waals surface area contributed by atoms with Gasteiger partial charge in [0, 0.05) is 25.6 Å². The van der Waals surface area contributed by atoms with Gasteiger partial charge >= 0.3 is 0 Å². The molecule has 6 heteroatoms. The number of amides is 1. The summed E-state index contributed by atoms with van der Waals surface area (Å²) in [6, 6.07) is 8.39. The van der Waals surface area contributed by atoms with Crippen molar-refractivity contribution in [2.75, 3.05) is 24.5 Å². The molecule has 0 saturated carbocycles. The number of para-hydroxylation sites is 2. The Labute approximate surface area is 148 Å². The molecule has 2 heterocycles. The van der Waals surface area contributed by atoms with Gasteiger partial charge in [-0.05, 0) is 44.2 Å². The van der Waals surface area contributed by atoms with E-state index in [4.69, 9.17) is 4.42 Å². The molecule has 2 N–H and O–H groups in total. The van der Waals surface area contributed by atoms with Gasteiger partial charge in [0.1, 0.15) is 5.52 Å². The maximum absolute atomic E-state index is 12.3. The average molecular weight is 345 g/mol. The minimum atomic E-state index is -0.327. The van der Waals surface area contributed by atoms with Crippen LogP contribution in [-0.2, 0) is 4.79 Å². The lowest BCUT2D eigenvalue weighted by Crippen LogP contribution is -2.41. The van der Waals surface area contributed by atoms with Crippen molar-refractivity contribution in [2.45, 2.75) is 39.2 Å². The molecule has 2 unspecified atom stereocenters. The quantitative estimate of drug-likeness (QED) is 0.841. The first kappa shape index (κ1) is 17.7. The minimum Gasteiger partial charge on any atom is -0.423 e. The summed E-state index contributed by atoms with van der Waals surface area (Å²) in [6.45, 7) is 5.99. The van der Waals surface area contributed by atoms with Gasteiger partial charge in [0.2, 0.25) is 5.91 Å². The largest absolute Gasteiger partial charge is 0.423 e. The number of aliphatic hydroxyl groups excluding tert-OH is 1. The highest BCUT2D eigenvalue weighted by atomic mass is 16.4. The van der Waals surface area contributed by atoms with Gasteiger partial charge in [0.15, 0.2) is 5.58 Å². The molecule has 1 aromatic heterocycles. The van der Waals surface area contributed by atoms with E-state index in [1.807, 2.05) is 31.2 Å². The number of nitrogens with zero attached hydrogens (tertiary/aromatic N) is 2. The zero-order valence-electron chi connectivity index (χ0n) is 14.9. The van der Waals surface area contributed by atoms with E-state index in [1.165, 1.54) is 0 Å². The molecule has 3 rings (SSSR count). The fraction of sp³-hybridized carbons (Fsp3) is 0.579. The van der Waals surface area contributed by atoms with Gasteiger partial charge in [-0.1, -0.05) is 19.1 Å². The number of piperidine rings is 1. The van der Waals surface area contributed by atoms with Crippen LogP contribution in [0.5, 0.6) is 0 Å². The van der Waals surface area contributed by atoms with Gasteiger partial charge in [-0.2, -0.15) is 4.98 Å². The number of oxazole rings is 1. The number of hydrogen-bond donors (Lipinski definition) is 2. The standard InChI is InChI=1S/C19H27N3O3/c1-13(11-14(2)23)12-20-18(24)15-7-9-22(10-8-15)19-21-16-5-3-4-6-17(16)25-19/h3-6,13-15,23H,7-12H2,1-2H3,(H,20,24). The fourth-order valence-corrected chi connectivity index (χ4v) is 3.41. The molecular weight excluding hydrogens is 318 g/mol. The van der Waals surface area contributed by atoms with Crippen LogP contribution >= 0.6 is 0 Å². The fourth-order valence-electron chi connectivity index (χ4n) is 3.41. The molecule has 1 aliphatic rings. The third-order valence-electron chi connectivity index (χ3n) is 4.79. The number of benzene rings is 1. The summed E-state index contributed by atoms with van der Waals surface area (Å²) < 4.78 is 5.81. The molecule has 1 fully saturated rings. The van der Waals surface area contributed by atoms with Crippen molar-refractivity contribution < 1.29 is 14.3 Å². The van der Waals surface area contributed by atoms with Gasteiger partial charge in [-0.3, -0.25) is 4.79 Å². The first-order chi connectivity index (χ1) is 12.0. The zero-order chi connectivity index (χ0) is 17.8. The number of nitrogens with one attached hydrogen (secondary N) is 1. The summed E-state index contributed by atoms with van der Waals surface area (Å²) in [6.07, 6.45) is 1.98. The second-order valence-corrected chi connectivity index (χ2v) is 7.16. The molecule has 0 radical (unpaired) electrons. The van der Waals surface area contributed by atoms with E-state index in [1.54, 1.807) is 6.92 Å². The summed E-state index contributed by atoms with van der Waals surface area (Å²) >= 11 is 0. The third-order valence-corrected chi connectivity index (χ3v) is 4.79. The number of aliphatic hydroxyl groups is 1. The molecule has 2 aromatic rings. The van der Waals surface area contributed by atoms with E-state index >= 15 is 0 Å². The molecule has 0 aliphatic carbocycles. The van der Waals surface area contributed by atoms with Crippen molar-refractivity contribution in [3.63, 3.8) is 0 Å². The molecule has 1 aliphatic heterocycles.